The molecular formula is C14H22N2O5S. The van der Waals surface area contributed by atoms with E-state index < -0.39 is 17.9 Å². The molecule has 0 unspecified atom stereocenters. The van der Waals surface area contributed by atoms with Crippen LogP contribution >= 0.6 is 11.8 Å². The molecule has 22 heavy (non-hydrogen) atoms. The lowest BCUT2D eigenvalue weighted by molar-refractivity contribution is -0.137. The summed E-state index contributed by atoms with van der Waals surface area (Å²) in [6, 6.07) is -0.886. The zero-order valence-corrected chi connectivity index (χ0v) is 13.6. The number of carbonyl (C=O) groups excluding carboxylic acids is 3. The first kappa shape index (κ1) is 18.5. The minimum Gasteiger partial charge on any atom is -0.481 e. The number of carbonyl (C=O) groups is 4. The van der Waals surface area contributed by atoms with Crippen LogP contribution in [0.3, 0.4) is 0 Å². The maximum absolute atomic E-state index is 11.9. The van der Waals surface area contributed by atoms with Crippen LogP contribution in [0, 0.1) is 0 Å². The van der Waals surface area contributed by atoms with Crippen LogP contribution in [0.4, 0.5) is 4.79 Å². The summed E-state index contributed by atoms with van der Waals surface area (Å²) >= 11 is 1.69. The fourth-order valence-electron chi connectivity index (χ4n) is 2.49. The summed E-state index contributed by atoms with van der Waals surface area (Å²) in [6.45, 7) is 2.54. The summed E-state index contributed by atoms with van der Waals surface area (Å²) in [7, 11) is 0. The average molecular weight is 330 g/mol. The number of nitrogens with zero attached hydrogens (tertiary/aromatic N) is 1. The topological polar surface area (TPSA) is 104 Å². The molecule has 0 saturated carbocycles. The van der Waals surface area contributed by atoms with Crippen molar-refractivity contribution < 1.29 is 24.3 Å². The van der Waals surface area contributed by atoms with E-state index in [-0.39, 0.29) is 18.4 Å². The van der Waals surface area contributed by atoms with Gasteiger partial charge in [-0.25, -0.2) is 4.79 Å². The van der Waals surface area contributed by atoms with Crippen molar-refractivity contribution >= 4 is 35.6 Å². The lowest BCUT2D eigenvalue weighted by atomic mass is 10.1. The van der Waals surface area contributed by atoms with Gasteiger partial charge in [-0.2, -0.15) is 11.8 Å². The van der Waals surface area contributed by atoms with Crippen molar-refractivity contribution in [1.82, 2.24) is 10.2 Å². The summed E-state index contributed by atoms with van der Waals surface area (Å²) in [5, 5.41) is 11.0. The number of amides is 4. The van der Waals surface area contributed by atoms with Gasteiger partial charge in [0.2, 0.25) is 11.8 Å². The molecule has 1 heterocycles. The van der Waals surface area contributed by atoms with E-state index in [4.69, 9.17) is 5.11 Å². The van der Waals surface area contributed by atoms with Crippen LogP contribution in [-0.2, 0) is 14.4 Å². The van der Waals surface area contributed by atoms with Crippen molar-refractivity contribution in [2.45, 2.75) is 57.2 Å². The number of aliphatic carboxylic acids is 1. The second kappa shape index (κ2) is 8.77. The number of imide groups is 2. The Bertz CT molecular complexity index is 455. The van der Waals surface area contributed by atoms with Crippen molar-refractivity contribution in [3.05, 3.63) is 0 Å². The summed E-state index contributed by atoms with van der Waals surface area (Å²) in [5.74, 6) is -1.02. The molecule has 0 aliphatic carbocycles. The number of carboxylic acid groups (broad SMARTS) is 1. The molecule has 2 N–H and O–H groups in total. The Labute approximate surface area is 133 Å². The first-order chi connectivity index (χ1) is 10.3. The molecule has 0 spiro atoms. The molecule has 1 saturated heterocycles. The van der Waals surface area contributed by atoms with E-state index in [0.29, 0.717) is 23.8 Å². The Kier molecular flexibility index (Phi) is 7.37. The van der Waals surface area contributed by atoms with Crippen LogP contribution in [0.25, 0.3) is 0 Å². The van der Waals surface area contributed by atoms with Gasteiger partial charge < -0.3 is 5.11 Å². The third-order valence-corrected chi connectivity index (χ3v) is 4.91. The lowest BCUT2D eigenvalue weighted by Gasteiger charge is -2.25. The van der Waals surface area contributed by atoms with E-state index >= 15 is 0 Å². The minimum atomic E-state index is -0.791. The van der Waals surface area contributed by atoms with Gasteiger partial charge in [0.1, 0.15) is 0 Å². The molecule has 7 nitrogen and oxygen atoms in total. The highest BCUT2D eigenvalue weighted by Gasteiger charge is 2.34. The molecule has 0 aromatic rings. The van der Waals surface area contributed by atoms with Crippen LogP contribution in [0.5, 0.6) is 0 Å². The number of rotatable bonds is 6. The van der Waals surface area contributed by atoms with Crippen LogP contribution in [0.15, 0.2) is 0 Å². The van der Waals surface area contributed by atoms with E-state index in [0.717, 1.165) is 17.7 Å². The Morgan fingerprint density at radius 1 is 1.23 bits per heavy atom. The molecule has 0 radical (unpaired) electrons. The number of unbranched alkanes of at least 4 members (excludes halogenated alkanes) is 1. The number of thioether (sulfide) groups is 1. The highest BCUT2D eigenvalue weighted by Crippen LogP contribution is 2.33. The number of hydrogen-bond donors (Lipinski definition) is 2. The first-order valence-corrected chi connectivity index (χ1v) is 8.31. The van der Waals surface area contributed by atoms with Crippen molar-refractivity contribution in [2.75, 3.05) is 5.75 Å². The van der Waals surface area contributed by atoms with Crippen molar-refractivity contribution in [3.63, 3.8) is 0 Å². The highest BCUT2D eigenvalue weighted by atomic mass is 32.2. The molecule has 1 rings (SSSR count). The monoisotopic (exact) mass is 330 g/mol. The maximum atomic E-state index is 11.9. The lowest BCUT2D eigenvalue weighted by Crippen LogP contribution is -2.50. The second-order valence-electron chi connectivity index (χ2n) is 5.36. The van der Waals surface area contributed by atoms with Gasteiger partial charge in [0.25, 0.3) is 0 Å². The van der Waals surface area contributed by atoms with Crippen molar-refractivity contribution in [1.29, 1.82) is 0 Å². The van der Waals surface area contributed by atoms with Gasteiger partial charge in [-0.1, -0.05) is 6.42 Å². The van der Waals surface area contributed by atoms with Gasteiger partial charge in [-0.05, 0) is 19.3 Å². The van der Waals surface area contributed by atoms with Gasteiger partial charge in [-0.15, -0.1) is 0 Å². The Balaban J connectivity index is 2.47. The number of hydrogen-bond acceptors (Lipinski definition) is 5. The van der Waals surface area contributed by atoms with Crippen LogP contribution in [0.1, 0.15) is 46.0 Å². The minimum absolute atomic E-state index is 0.168. The Morgan fingerprint density at radius 2 is 1.91 bits per heavy atom. The molecule has 124 valence electrons. The average Bonchev–Trinajstić information content (AvgIpc) is 2.81. The molecule has 1 fully saturated rings. The predicted molar refractivity (Wildman–Crippen MR) is 82.5 cm³/mol. The molecular weight excluding hydrogens is 308 g/mol. The number of nitrogens with one attached hydrogen (secondary N) is 1. The fourth-order valence-corrected chi connectivity index (χ4v) is 3.96. The SMILES string of the molecule is CC(=O)NC(=O)N(C(C)=O)[C@H]1CS[C@H](CCCCC(=O)O)C1. The van der Waals surface area contributed by atoms with E-state index in [1.165, 1.54) is 13.8 Å². The number of carboxylic acids is 1. The normalized spacial score (nSPS) is 20.5. The van der Waals surface area contributed by atoms with E-state index in [9.17, 15) is 19.2 Å². The summed E-state index contributed by atoms with van der Waals surface area (Å²) in [6.07, 6.45) is 3.17. The van der Waals surface area contributed by atoms with Crippen LogP contribution in [-0.4, -0.2) is 50.9 Å². The van der Waals surface area contributed by atoms with Crippen molar-refractivity contribution in [3.8, 4) is 0 Å². The zero-order valence-electron chi connectivity index (χ0n) is 12.8. The maximum Gasteiger partial charge on any atom is 0.331 e. The third-order valence-electron chi connectivity index (χ3n) is 3.43. The van der Waals surface area contributed by atoms with E-state index in [2.05, 4.69) is 5.32 Å². The third kappa shape index (κ3) is 6.05. The van der Waals surface area contributed by atoms with Crippen LogP contribution in [0.2, 0.25) is 0 Å². The van der Waals surface area contributed by atoms with Gasteiger partial charge in [0.15, 0.2) is 0 Å². The molecule has 0 bridgehead atoms. The predicted octanol–water partition coefficient (Wildman–Crippen LogP) is 1.61. The van der Waals surface area contributed by atoms with Gasteiger partial charge >= 0.3 is 12.0 Å². The van der Waals surface area contributed by atoms with Crippen molar-refractivity contribution in [2.24, 2.45) is 0 Å². The first-order valence-electron chi connectivity index (χ1n) is 7.26. The molecule has 8 heteroatoms. The molecule has 2 atom stereocenters. The Morgan fingerprint density at radius 3 is 2.45 bits per heavy atom. The molecule has 0 aromatic heterocycles. The summed E-state index contributed by atoms with van der Waals surface area (Å²) < 4.78 is 0. The summed E-state index contributed by atoms with van der Waals surface area (Å²) in [4.78, 5) is 46.1. The largest absolute Gasteiger partial charge is 0.481 e. The van der Waals surface area contributed by atoms with E-state index in [1.54, 1.807) is 11.8 Å². The molecule has 1 aliphatic rings. The van der Waals surface area contributed by atoms with Gasteiger partial charge in [0.05, 0.1) is 6.04 Å². The highest BCUT2D eigenvalue weighted by molar-refractivity contribution is 8.00. The Hall–Kier alpha value is -1.57. The second-order valence-corrected chi connectivity index (χ2v) is 6.69. The molecule has 0 aromatic carbocycles. The molecule has 4 amide bonds. The van der Waals surface area contributed by atoms with E-state index in [1.807, 2.05) is 0 Å². The van der Waals surface area contributed by atoms with Gasteiger partial charge in [0, 0.05) is 31.3 Å². The quantitative estimate of drug-likeness (QED) is 0.717. The fraction of sp³-hybridized carbons (Fsp3) is 0.714. The standard InChI is InChI=1S/C14H22N2O5S/c1-9(17)15-14(21)16(10(2)18)11-7-12(22-8-11)5-3-4-6-13(19)20/h11-12H,3-8H2,1-2H3,(H,19,20)(H,15,17,21)/t11-,12-/m1/s1. The molecule has 1 aliphatic heterocycles. The van der Waals surface area contributed by atoms with Gasteiger partial charge in [-0.3, -0.25) is 24.6 Å². The summed E-state index contributed by atoms with van der Waals surface area (Å²) in [5.41, 5.74) is 0. The smallest absolute Gasteiger partial charge is 0.331 e. The number of urea groups is 1. The zero-order chi connectivity index (χ0) is 16.7. The van der Waals surface area contributed by atoms with Crippen LogP contribution < -0.4 is 5.32 Å².